The molecule has 0 bridgehead atoms. The van der Waals surface area contributed by atoms with E-state index in [0.29, 0.717) is 0 Å². The van der Waals surface area contributed by atoms with E-state index in [9.17, 15) is 5.11 Å². The molecule has 0 aliphatic rings. The van der Waals surface area contributed by atoms with Gasteiger partial charge in [-0.2, -0.15) is 0 Å². The van der Waals surface area contributed by atoms with Crippen molar-refractivity contribution in [3.63, 3.8) is 0 Å². The number of benzene rings is 1. The first-order chi connectivity index (χ1) is 8.10. The molecule has 0 aromatic heterocycles. The van der Waals surface area contributed by atoms with Crippen molar-refractivity contribution in [1.29, 1.82) is 0 Å². The molecule has 0 aliphatic heterocycles. The van der Waals surface area contributed by atoms with Crippen molar-refractivity contribution in [2.24, 2.45) is 0 Å². The van der Waals surface area contributed by atoms with Crippen LogP contribution in [0, 0.1) is 0 Å². The second kappa shape index (κ2) is 6.62. The summed E-state index contributed by atoms with van der Waals surface area (Å²) < 4.78 is 0.967. The number of halogens is 1. The zero-order valence-electron chi connectivity index (χ0n) is 10.1. The topological polar surface area (TPSA) is 23.5 Å². The molecule has 0 spiro atoms. The summed E-state index contributed by atoms with van der Waals surface area (Å²) in [6, 6.07) is 5.92. The van der Waals surface area contributed by atoms with Crippen molar-refractivity contribution in [3.05, 3.63) is 53.5 Å². The van der Waals surface area contributed by atoms with Crippen molar-refractivity contribution in [2.45, 2.75) is 13.0 Å². The normalized spacial score (nSPS) is 11.9. The summed E-state index contributed by atoms with van der Waals surface area (Å²) in [4.78, 5) is 2.12. The summed E-state index contributed by atoms with van der Waals surface area (Å²) in [5.74, 6) is 0. The summed E-state index contributed by atoms with van der Waals surface area (Å²) >= 11 is 3.42. The van der Waals surface area contributed by atoms with Crippen LogP contribution in [0.3, 0.4) is 0 Å². The number of hydrogen-bond donors (Lipinski definition) is 1. The molecule has 1 rings (SSSR count). The van der Waals surface area contributed by atoms with E-state index >= 15 is 0 Å². The van der Waals surface area contributed by atoms with Gasteiger partial charge in [0.1, 0.15) is 0 Å². The highest BCUT2D eigenvalue weighted by atomic mass is 79.9. The van der Waals surface area contributed by atoms with Crippen LogP contribution in [-0.2, 0) is 0 Å². The Balaban J connectivity index is 3.16. The Labute approximate surface area is 111 Å². The maximum Gasteiger partial charge on any atom is 0.0782 e. The number of anilines is 1. The number of hydrogen-bond acceptors (Lipinski definition) is 2. The van der Waals surface area contributed by atoms with Crippen LogP contribution in [0.5, 0.6) is 0 Å². The second-order valence-corrected chi connectivity index (χ2v) is 4.78. The Bertz CT molecular complexity index is 391. The minimum atomic E-state index is -0.500. The molecule has 92 valence electrons. The molecule has 0 heterocycles. The van der Waals surface area contributed by atoms with Gasteiger partial charge in [0.15, 0.2) is 0 Å². The Hall–Kier alpha value is -1.06. The number of aliphatic hydroxyl groups excluding tert-OH is 1. The van der Waals surface area contributed by atoms with Crippen LogP contribution in [0.1, 0.15) is 18.6 Å². The highest BCUT2D eigenvalue weighted by Gasteiger charge is 2.13. The van der Waals surface area contributed by atoms with Gasteiger partial charge in [0.2, 0.25) is 0 Å². The Kier molecular flexibility index (Phi) is 5.45. The van der Waals surface area contributed by atoms with E-state index in [2.05, 4.69) is 34.0 Å². The fourth-order valence-electron chi connectivity index (χ4n) is 1.73. The Morgan fingerprint density at radius 1 is 1.35 bits per heavy atom. The molecular formula is C14H18BrNO. The summed E-state index contributed by atoms with van der Waals surface area (Å²) in [7, 11) is 0. The van der Waals surface area contributed by atoms with Crippen LogP contribution in [0.25, 0.3) is 0 Å². The zero-order valence-corrected chi connectivity index (χ0v) is 11.7. The van der Waals surface area contributed by atoms with Crippen LogP contribution in [-0.4, -0.2) is 18.2 Å². The largest absolute Gasteiger partial charge is 0.389 e. The van der Waals surface area contributed by atoms with Crippen LogP contribution in [0.2, 0.25) is 0 Å². The minimum absolute atomic E-state index is 0.500. The molecule has 0 radical (unpaired) electrons. The van der Waals surface area contributed by atoms with Gasteiger partial charge in [-0.05, 0) is 25.1 Å². The second-order valence-electron chi connectivity index (χ2n) is 3.86. The molecule has 1 N–H and O–H groups in total. The van der Waals surface area contributed by atoms with Gasteiger partial charge in [0, 0.05) is 28.8 Å². The van der Waals surface area contributed by atoms with E-state index in [4.69, 9.17) is 0 Å². The molecule has 0 fully saturated rings. The predicted octanol–water partition coefficient (Wildman–Crippen LogP) is 3.68. The van der Waals surface area contributed by atoms with Gasteiger partial charge in [-0.3, -0.25) is 0 Å². The maximum absolute atomic E-state index is 9.82. The first-order valence-electron chi connectivity index (χ1n) is 5.54. The maximum atomic E-state index is 9.82. The van der Waals surface area contributed by atoms with Crippen LogP contribution < -0.4 is 4.90 Å². The van der Waals surface area contributed by atoms with E-state index in [1.807, 2.05) is 30.4 Å². The monoisotopic (exact) mass is 295 g/mol. The van der Waals surface area contributed by atoms with Gasteiger partial charge >= 0.3 is 0 Å². The number of rotatable bonds is 6. The lowest BCUT2D eigenvalue weighted by molar-refractivity contribution is 0.199. The fourth-order valence-corrected chi connectivity index (χ4v) is 2.11. The van der Waals surface area contributed by atoms with E-state index in [1.165, 1.54) is 0 Å². The fraction of sp³-hybridized carbons (Fsp3) is 0.286. The molecule has 0 amide bonds. The van der Waals surface area contributed by atoms with Gasteiger partial charge in [0.25, 0.3) is 0 Å². The third-order valence-electron chi connectivity index (χ3n) is 2.48. The lowest BCUT2D eigenvalue weighted by Gasteiger charge is -2.25. The quantitative estimate of drug-likeness (QED) is 0.809. The van der Waals surface area contributed by atoms with E-state index in [1.54, 1.807) is 6.92 Å². The third kappa shape index (κ3) is 3.72. The lowest BCUT2D eigenvalue weighted by Crippen LogP contribution is -2.24. The Morgan fingerprint density at radius 2 is 1.94 bits per heavy atom. The molecular weight excluding hydrogens is 278 g/mol. The molecule has 0 aliphatic carbocycles. The van der Waals surface area contributed by atoms with Crippen molar-refractivity contribution >= 4 is 21.6 Å². The van der Waals surface area contributed by atoms with Crippen LogP contribution >= 0.6 is 15.9 Å². The third-order valence-corrected chi connectivity index (χ3v) is 2.97. The molecule has 0 saturated carbocycles. The Morgan fingerprint density at radius 3 is 2.41 bits per heavy atom. The molecule has 1 aromatic rings. The average Bonchev–Trinajstić information content (AvgIpc) is 2.28. The van der Waals surface area contributed by atoms with Crippen molar-refractivity contribution in [3.8, 4) is 0 Å². The first-order valence-corrected chi connectivity index (χ1v) is 6.33. The molecule has 1 unspecified atom stereocenters. The smallest absolute Gasteiger partial charge is 0.0782 e. The number of aliphatic hydroxyl groups is 1. The lowest BCUT2D eigenvalue weighted by atomic mass is 10.1. The van der Waals surface area contributed by atoms with Crippen LogP contribution in [0.4, 0.5) is 5.69 Å². The number of nitrogens with zero attached hydrogens (tertiary/aromatic N) is 1. The molecule has 17 heavy (non-hydrogen) atoms. The van der Waals surface area contributed by atoms with Gasteiger partial charge in [-0.1, -0.05) is 28.1 Å². The van der Waals surface area contributed by atoms with Crippen LogP contribution in [0.15, 0.2) is 48.0 Å². The first kappa shape index (κ1) is 14.0. The average molecular weight is 296 g/mol. The molecule has 0 saturated heterocycles. The van der Waals surface area contributed by atoms with Gasteiger partial charge in [-0.15, -0.1) is 13.2 Å². The van der Waals surface area contributed by atoms with Gasteiger partial charge in [0.05, 0.1) is 6.10 Å². The summed E-state index contributed by atoms with van der Waals surface area (Å²) in [5.41, 5.74) is 1.92. The summed E-state index contributed by atoms with van der Waals surface area (Å²) in [6.45, 7) is 10.7. The molecule has 3 heteroatoms. The molecule has 1 atom stereocenters. The standard InChI is InChI=1S/C14H18BrNO/c1-4-8-16(9-5-2)14-7-6-12(15)10-13(14)11(3)17/h4-7,10-11,17H,1-2,8-9H2,3H3. The minimum Gasteiger partial charge on any atom is -0.389 e. The van der Waals surface area contributed by atoms with E-state index in [-0.39, 0.29) is 0 Å². The van der Waals surface area contributed by atoms with Crippen molar-refractivity contribution < 1.29 is 5.11 Å². The van der Waals surface area contributed by atoms with Crippen molar-refractivity contribution in [2.75, 3.05) is 18.0 Å². The summed E-state index contributed by atoms with van der Waals surface area (Å²) in [6.07, 6.45) is 3.19. The SMILES string of the molecule is C=CCN(CC=C)c1ccc(Br)cc1C(C)O. The highest BCUT2D eigenvalue weighted by molar-refractivity contribution is 9.10. The van der Waals surface area contributed by atoms with E-state index < -0.39 is 6.10 Å². The molecule has 1 aromatic carbocycles. The predicted molar refractivity (Wildman–Crippen MR) is 77.4 cm³/mol. The van der Waals surface area contributed by atoms with Gasteiger partial charge < -0.3 is 10.0 Å². The highest BCUT2D eigenvalue weighted by Crippen LogP contribution is 2.29. The van der Waals surface area contributed by atoms with E-state index in [0.717, 1.165) is 28.8 Å². The zero-order chi connectivity index (χ0) is 12.8. The van der Waals surface area contributed by atoms with Gasteiger partial charge in [-0.25, -0.2) is 0 Å². The summed E-state index contributed by atoms with van der Waals surface area (Å²) in [5, 5.41) is 9.82. The molecule has 2 nitrogen and oxygen atoms in total. The van der Waals surface area contributed by atoms with Crippen molar-refractivity contribution in [1.82, 2.24) is 0 Å².